The van der Waals surface area contributed by atoms with Gasteiger partial charge in [0.15, 0.2) is 5.43 Å². The molecule has 0 aromatic carbocycles. The summed E-state index contributed by atoms with van der Waals surface area (Å²) in [5, 5.41) is 0. The van der Waals surface area contributed by atoms with E-state index in [0.717, 1.165) is 0 Å². The van der Waals surface area contributed by atoms with Gasteiger partial charge in [-0.15, -0.1) is 0 Å². The van der Waals surface area contributed by atoms with E-state index in [2.05, 4.69) is 0 Å². The van der Waals surface area contributed by atoms with Gasteiger partial charge in [-0.3, -0.25) is 4.79 Å². The second-order valence-electron chi connectivity index (χ2n) is 4.74. The average molecular weight is 225 g/mol. The van der Waals surface area contributed by atoms with Crippen molar-refractivity contribution in [1.29, 1.82) is 0 Å². The molecule has 1 fully saturated rings. The van der Waals surface area contributed by atoms with Crippen LogP contribution < -0.4 is 11.1 Å². The van der Waals surface area contributed by atoms with Crippen LogP contribution in [0.1, 0.15) is 31.8 Å². The summed E-state index contributed by atoms with van der Waals surface area (Å²) in [5.74, 6) is 0. The third-order valence-electron chi connectivity index (χ3n) is 3.03. The normalized spacial score (nSPS) is 25.0. The fourth-order valence-electron chi connectivity index (χ4n) is 1.35. The molecule has 0 unspecified atom stereocenters. The van der Waals surface area contributed by atoms with E-state index < -0.39 is 42.1 Å². The fraction of sp³-hybridized carbons (Fsp3) is 0.545. The van der Waals surface area contributed by atoms with E-state index in [-0.39, 0.29) is 5.66 Å². The molecule has 16 heavy (non-hydrogen) atoms. The minimum atomic E-state index is -1.02. The van der Waals surface area contributed by atoms with Crippen LogP contribution in [-0.4, -0.2) is 18.3 Å². The molecule has 1 saturated heterocycles. The molecule has 0 radical (unpaired) electrons. The molecule has 1 aliphatic rings. The van der Waals surface area contributed by atoms with Crippen molar-refractivity contribution in [2.75, 3.05) is 0 Å². The highest BCUT2D eigenvalue weighted by Crippen LogP contribution is 2.36. The molecule has 1 aromatic rings. The Balaban J connectivity index is 2.49. The van der Waals surface area contributed by atoms with Crippen LogP contribution in [0.15, 0.2) is 27.5 Å². The standard InChI is InChI=1S/C11H15BO4/c1-10(2)11(3,4)16-12(15-10)9-7-8(13)5-6-14-9/h5-7H,1-4H3/i5D,6D,7D. The Morgan fingerprint density at radius 1 is 1.25 bits per heavy atom. The lowest BCUT2D eigenvalue weighted by molar-refractivity contribution is 0.00578. The molecule has 0 saturated carbocycles. The predicted molar refractivity (Wildman–Crippen MR) is 60.7 cm³/mol. The van der Waals surface area contributed by atoms with Gasteiger partial charge in [-0.2, -0.15) is 0 Å². The summed E-state index contributed by atoms with van der Waals surface area (Å²) in [4.78, 5) is 11.6. The lowest BCUT2D eigenvalue weighted by Gasteiger charge is -2.32. The molecule has 2 heterocycles. The van der Waals surface area contributed by atoms with Crippen molar-refractivity contribution in [2.24, 2.45) is 0 Å². The minimum absolute atomic E-state index is 0.162. The van der Waals surface area contributed by atoms with Crippen LogP contribution in [0.3, 0.4) is 0 Å². The number of hydrogen-bond donors (Lipinski definition) is 0. The molecule has 86 valence electrons. The zero-order valence-corrected chi connectivity index (χ0v) is 9.71. The van der Waals surface area contributed by atoms with E-state index in [1.807, 2.05) is 27.7 Å². The molecule has 0 bridgehead atoms. The van der Waals surface area contributed by atoms with Crippen molar-refractivity contribution in [3.05, 3.63) is 28.5 Å². The summed E-state index contributed by atoms with van der Waals surface area (Å²) in [5.41, 5.74) is -2.29. The Labute approximate surface area is 98.9 Å². The van der Waals surface area contributed by atoms with Crippen LogP contribution in [0.2, 0.25) is 0 Å². The van der Waals surface area contributed by atoms with Gasteiger partial charge in [0.2, 0.25) is 0 Å². The molecule has 5 heteroatoms. The van der Waals surface area contributed by atoms with Crippen molar-refractivity contribution < 1.29 is 17.8 Å². The summed E-state index contributed by atoms with van der Waals surface area (Å²) in [6.45, 7) is 7.31. The lowest BCUT2D eigenvalue weighted by atomic mass is 9.86. The summed E-state index contributed by atoms with van der Waals surface area (Å²) in [7, 11) is -1.02. The molecule has 1 aliphatic heterocycles. The summed E-state index contributed by atoms with van der Waals surface area (Å²) >= 11 is 0. The monoisotopic (exact) mass is 225 g/mol. The van der Waals surface area contributed by atoms with E-state index >= 15 is 0 Å². The van der Waals surface area contributed by atoms with Gasteiger partial charge in [-0.1, -0.05) is 0 Å². The zero-order valence-electron chi connectivity index (χ0n) is 12.7. The van der Waals surface area contributed by atoms with E-state index in [4.69, 9.17) is 17.8 Å². The molecule has 0 spiro atoms. The van der Waals surface area contributed by atoms with Gasteiger partial charge in [0.05, 0.1) is 20.2 Å². The summed E-state index contributed by atoms with van der Waals surface area (Å²) < 4.78 is 38.8. The maximum absolute atomic E-state index is 11.6. The Bertz CT molecular complexity index is 566. The van der Waals surface area contributed by atoms with Crippen LogP contribution in [0.4, 0.5) is 0 Å². The highest BCUT2D eigenvalue weighted by molar-refractivity contribution is 6.60. The van der Waals surface area contributed by atoms with Gasteiger partial charge in [0, 0.05) is 12.1 Å². The molecule has 0 aliphatic carbocycles. The maximum Gasteiger partial charge on any atom is 0.532 e. The van der Waals surface area contributed by atoms with Gasteiger partial charge >= 0.3 is 7.12 Å². The van der Waals surface area contributed by atoms with Crippen molar-refractivity contribution >= 4 is 12.8 Å². The predicted octanol–water partition coefficient (Wildman–Crippen LogP) is 0.939. The second-order valence-corrected chi connectivity index (χ2v) is 4.74. The molecular weight excluding hydrogens is 207 g/mol. The average Bonchev–Trinajstić information content (AvgIpc) is 2.50. The van der Waals surface area contributed by atoms with Crippen molar-refractivity contribution in [1.82, 2.24) is 0 Å². The van der Waals surface area contributed by atoms with Gasteiger partial charge in [0.25, 0.3) is 0 Å². The van der Waals surface area contributed by atoms with Crippen molar-refractivity contribution in [3.63, 3.8) is 0 Å². The first kappa shape index (κ1) is 8.09. The van der Waals surface area contributed by atoms with E-state index in [0.29, 0.717) is 0 Å². The molecular formula is C11H15BO4. The molecule has 0 N–H and O–H groups in total. The van der Waals surface area contributed by atoms with Crippen LogP contribution in [0, 0.1) is 0 Å². The highest BCUT2D eigenvalue weighted by Gasteiger charge is 2.52. The fourth-order valence-corrected chi connectivity index (χ4v) is 1.35. The van der Waals surface area contributed by atoms with Crippen molar-refractivity contribution in [2.45, 2.75) is 38.9 Å². The van der Waals surface area contributed by atoms with E-state index in [9.17, 15) is 4.79 Å². The molecule has 0 amide bonds. The SMILES string of the molecule is [2H]c1oc(B2OC(C)(C)C(C)(C)O2)c([2H])c(=O)c1[2H]. The highest BCUT2D eigenvalue weighted by atomic mass is 16.7. The molecule has 2 rings (SSSR count). The Kier molecular flexibility index (Phi) is 1.75. The zero-order chi connectivity index (χ0) is 14.6. The van der Waals surface area contributed by atoms with Crippen LogP contribution in [0.25, 0.3) is 0 Å². The molecule has 1 aromatic heterocycles. The third-order valence-corrected chi connectivity index (χ3v) is 3.03. The van der Waals surface area contributed by atoms with Gasteiger partial charge < -0.3 is 13.7 Å². The lowest BCUT2D eigenvalue weighted by Crippen LogP contribution is -2.41. The third kappa shape index (κ3) is 1.81. The largest absolute Gasteiger partial charge is 0.532 e. The van der Waals surface area contributed by atoms with Crippen LogP contribution >= 0.6 is 0 Å². The molecule has 0 atom stereocenters. The van der Waals surface area contributed by atoms with Crippen molar-refractivity contribution in [3.8, 4) is 0 Å². The first-order valence-corrected chi connectivity index (χ1v) is 5.03. The Hall–Kier alpha value is -1.07. The van der Waals surface area contributed by atoms with E-state index in [1.54, 1.807) is 0 Å². The topological polar surface area (TPSA) is 48.7 Å². The number of rotatable bonds is 1. The number of hydrogen-bond acceptors (Lipinski definition) is 4. The van der Waals surface area contributed by atoms with Gasteiger partial charge in [-0.05, 0) is 27.7 Å². The second kappa shape index (κ2) is 3.47. The summed E-state index contributed by atoms with van der Waals surface area (Å²) in [6.07, 6.45) is -0.592. The first-order valence-electron chi connectivity index (χ1n) is 6.53. The Morgan fingerprint density at radius 3 is 2.38 bits per heavy atom. The van der Waals surface area contributed by atoms with Crippen LogP contribution in [0.5, 0.6) is 0 Å². The minimum Gasteiger partial charge on any atom is -0.473 e. The van der Waals surface area contributed by atoms with Gasteiger partial charge in [-0.25, -0.2) is 0 Å². The van der Waals surface area contributed by atoms with Gasteiger partial charge in [0.1, 0.15) is 7.03 Å². The smallest absolute Gasteiger partial charge is 0.473 e. The quantitative estimate of drug-likeness (QED) is 0.667. The first-order chi connectivity index (χ1) is 8.57. The van der Waals surface area contributed by atoms with Crippen LogP contribution in [-0.2, 0) is 9.31 Å². The maximum atomic E-state index is 11.6. The Morgan fingerprint density at radius 2 is 1.81 bits per heavy atom. The summed E-state index contributed by atoms with van der Waals surface area (Å²) in [6, 6.07) is -1.13. The molecule has 4 nitrogen and oxygen atoms in total. The van der Waals surface area contributed by atoms with E-state index in [1.165, 1.54) is 0 Å².